The molecule has 4 nitrogen and oxygen atoms in total. The summed E-state index contributed by atoms with van der Waals surface area (Å²) in [6, 6.07) is 5.30. The summed E-state index contributed by atoms with van der Waals surface area (Å²) in [5.41, 5.74) is 1.12. The predicted octanol–water partition coefficient (Wildman–Crippen LogP) is 4.17. The molecule has 2 aromatic rings. The molecule has 0 bridgehead atoms. The standard InChI is InChI=1S/C17H15F3N2O2/c1-10-8-22(17(23)24-10)9-11-4-13(7-21-6-11)12-2-3-15(18)14(5-12)16(19)20/h2-7,10,16H,8-9H2,1H3. The Morgan fingerprint density at radius 2 is 2.08 bits per heavy atom. The van der Waals surface area contributed by atoms with Gasteiger partial charge in [-0.15, -0.1) is 0 Å². The third kappa shape index (κ3) is 3.34. The van der Waals surface area contributed by atoms with Crippen molar-refractivity contribution in [2.75, 3.05) is 6.54 Å². The van der Waals surface area contributed by atoms with Crippen molar-refractivity contribution in [2.24, 2.45) is 0 Å². The highest BCUT2D eigenvalue weighted by atomic mass is 19.3. The number of ether oxygens (including phenoxy) is 1. The highest BCUT2D eigenvalue weighted by Crippen LogP contribution is 2.28. The molecule has 1 aromatic heterocycles. The Labute approximate surface area is 136 Å². The average Bonchev–Trinajstić information content (AvgIpc) is 2.85. The van der Waals surface area contributed by atoms with E-state index in [0.717, 1.165) is 17.7 Å². The highest BCUT2D eigenvalue weighted by molar-refractivity contribution is 5.70. The predicted molar refractivity (Wildman–Crippen MR) is 80.9 cm³/mol. The van der Waals surface area contributed by atoms with Gasteiger partial charge in [-0.2, -0.15) is 0 Å². The van der Waals surface area contributed by atoms with Crippen molar-refractivity contribution < 1.29 is 22.7 Å². The Bertz CT molecular complexity index is 767. The van der Waals surface area contributed by atoms with Gasteiger partial charge in [0, 0.05) is 18.0 Å². The van der Waals surface area contributed by atoms with Gasteiger partial charge in [0.05, 0.1) is 18.7 Å². The number of carbonyl (C=O) groups is 1. The molecule has 1 saturated heterocycles. The number of hydrogen-bond acceptors (Lipinski definition) is 3. The lowest BCUT2D eigenvalue weighted by Crippen LogP contribution is -2.24. The molecule has 1 unspecified atom stereocenters. The van der Waals surface area contributed by atoms with Gasteiger partial charge in [-0.05, 0) is 36.2 Å². The summed E-state index contributed by atoms with van der Waals surface area (Å²) in [6.07, 6.45) is -0.343. The zero-order valence-electron chi connectivity index (χ0n) is 12.9. The topological polar surface area (TPSA) is 42.4 Å². The second-order valence-corrected chi connectivity index (χ2v) is 5.69. The van der Waals surface area contributed by atoms with Gasteiger partial charge in [0.2, 0.25) is 0 Å². The second-order valence-electron chi connectivity index (χ2n) is 5.69. The maximum atomic E-state index is 13.4. The average molecular weight is 336 g/mol. The smallest absolute Gasteiger partial charge is 0.410 e. The Morgan fingerprint density at radius 3 is 2.75 bits per heavy atom. The Morgan fingerprint density at radius 1 is 1.29 bits per heavy atom. The van der Waals surface area contributed by atoms with Crippen molar-refractivity contribution in [3.63, 3.8) is 0 Å². The number of halogens is 3. The van der Waals surface area contributed by atoms with Crippen LogP contribution in [0.15, 0.2) is 36.7 Å². The van der Waals surface area contributed by atoms with Crippen molar-refractivity contribution >= 4 is 6.09 Å². The largest absolute Gasteiger partial charge is 0.444 e. The van der Waals surface area contributed by atoms with Crippen LogP contribution in [0.25, 0.3) is 11.1 Å². The third-order valence-corrected chi connectivity index (χ3v) is 3.77. The summed E-state index contributed by atoms with van der Waals surface area (Å²) in [7, 11) is 0. The van der Waals surface area contributed by atoms with Crippen LogP contribution in [0.3, 0.4) is 0 Å². The van der Waals surface area contributed by atoms with E-state index in [2.05, 4.69) is 4.98 Å². The Hall–Kier alpha value is -2.57. The van der Waals surface area contributed by atoms with Gasteiger partial charge >= 0.3 is 6.09 Å². The van der Waals surface area contributed by atoms with Gasteiger partial charge in [0.15, 0.2) is 0 Å². The first-order valence-electron chi connectivity index (χ1n) is 7.41. The fourth-order valence-electron chi connectivity index (χ4n) is 2.64. The number of carbonyl (C=O) groups excluding carboxylic acids is 1. The van der Waals surface area contributed by atoms with Crippen molar-refractivity contribution in [1.29, 1.82) is 0 Å². The molecule has 7 heteroatoms. The molecule has 1 atom stereocenters. The zero-order valence-corrected chi connectivity index (χ0v) is 12.9. The number of nitrogens with zero attached hydrogens (tertiary/aromatic N) is 2. The van der Waals surface area contributed by atoms with Crippen LogP contribution in [0.1, 0.15) is 24.5 Å². The van der Waals surface area contributed by atoms with Crippen LogP contribution in [-0.4, -0.2) is 28.6 Å². The third-order valence-electron chi connectivity index (χ3n) is 3.77. The van der Waals surface area contributed by atoms with Gasteiger partial charge in [-0.3, -0.25) is 4.98 Å². The highest BCUT2D eigenvalue weighted by Gasteiger charge is 2.28. The molecule has 1 amide bonds. The zero-order chi connectivity index (χ0) is 17.3. The number of aromatic nitrogens is 1. The van der Waals surface area contributed by atoms with Crippen molar-refractivity contribution in [3.8, 4) is 11.1 Å². The maximum Gasteiger partial charge on any atom is 0.410 e. The first-order valence-corrected chi connectivity index (χ1v) is 7.41. The van der Waals surface area contributed by atoms with Crippen LogP contribution in [0, 0.1) is 5.82 Å². The number of alkyl halides is 2. The van der Waals surface area contributed by atoms with Crippen molar-refractivity contribution in [2.45, 2.75) is 26.0 Å². The Kier molecular flexibility index (Phi) is 4.42. The fourth-order valence-corrected chi connectivity index (χ4v) is 2.64. The summed E-state index contributed by atoms with van der Waals surface area (Å²) in [5.74, 6) is -0.938. The summed E-state index contributed by atoms with van der Waals surface area (Å²) in [4.78, 5) is 17.3. The van der Waals surface area contributed by atoms with E-state index in [9.17, 15) is 18.0 Å². The van der Waals surface area contributed by atoms with E-state index in [4.69, 9.17) is 4.74 Å². The fraction of sp³-hybridized carbons (Fsp3) is 0.294. The normalized spacial score (nSPS) is 17.5. The van der Waals surface area contributed by atoms with E-state index in [1.165, 1.54) is 12.3 Å². The lowest BCUT2D eigenvalue weighted by Gasteiger charge is -2.13. The molecule has 0 aliphatic carbocycles. The molecule has 1 fully saturated rings. The maximum absolute atomic E-state index is 13.4. The molecule has 1 aromatic carbocycles. The van der Waals surface area contributed by atoms with Crippen molar-refractivity contribution in [1.82, 2.24) is 9.88 Å². The minimum absolute atomic E-state index is 0.167. The molecule has 0 spiro atoms. The lowest BCUT2D eigenvalue weighted by atomic mass is 10.0. The van der Waals surface area contributed by atoms with E-state index in [0.29, 0.717) is 24.2 Å². The molecule has 24 heavy (non-hydrogen) atoms. The number of pyridine rings is 1. The van der Waals surface area contributed by atoms with E-state index in [1.54, 1.807) is 24.1 Å². The van der Waals surface area contributed by atoms with Gasteiger partial charge in [0.1, 0.15) is 11.9 Å². The minimum atomic E-state index is -2.89. The molecule has 126 valence electrons. The van der Waals surface area contributed by atoms with Gasteiger partial charge in [-0.1, -0.05) is 6.07 Å². The summed E-state index contributed by atoms with van der Waals surface area (Å²) >= 11 is 0. The SMILES string of the molecule is CC1CN(Cc2cncc(-c3ccc(F)c(C(F)F)c3)c2)C(=O)O1. The molecule has 0 saturated carbocycles. The molecular formula is C17H15F3N2O2. The Balaban J connectivity index is 1.85. The van der Waals surface area contributed by atoms with E-state index in [1.807, 2.05) is 0 Å². The van der Waals surface area contributed by atoms with Crippen molar-refractivity contribution in [3.05, 3.63) is 53.6 Å². The number of rotatable bonds is 4. The van der Waals surface area contributed by atoms with Crippen LogP contribution < -0.4 is 0 Å². The first kappa shape index (κ1) is 16.3. The van der Waals surface area contributed by atoms with Crippen LogP contribution in [0.4, 0.5) is 18.0 Å². The van der Waals surface area contributed by atoms with Gasteiger partial charge in [-0.25, -0.2) is 18.0 Å². The molecule has 2 heterocycles. The van der Waals surface area contributed by atoms with Crippen LogP contribution in [0.2, 0.25) is 0 Å². The molecule has 3 rings (SSSR count). The molecule has 1 aliphatic heterocycles. The lowest BCUT2D eigenvalue weighted by molar-refractivity contribution is 0.137. The van der Waals surface area contributed by atoms with E-state index in [-0.39, 0.29) is 6.10 Å². The summed E-state index contributed by atoms with van der Waals surface area (Å²) in [6.45, 7) is 2.60. The van der Waals surface area contributed by atoms with Crippen LogP contribution in [0.5, 0.6) is 0 Å². The minimum Gasteiger partial charge on any atom is -0.444 e. The molecule has 0 N–H and O–H groups in total. The summed E-state index contributed by atoms with van der Waals surface area (Å²) < 4.78 is 44.1. The quantitative estimate of drug-likeness (QED) is 0.842. The second kappa shape index (κ2) is 6.51. The monoisotopic (exact) mass is 336 g/mol. The number of hydrogen-bond donors (Lipinski definition) is 0. The molecule has 0 radical (unpaired) electrons. The van der Waals surface area contributed by atoms with E-state index >= 15 is 0 Å². The van der Waals surface area contributed by atoms with Gasteiger partial charge < -0.3 is 9.64 Å². The number of benzene rings is 1. The number of cyclic esters (lactones) is 1. The van der Waals surface area contributed by atoms with Gasteiger partial charge in [0.25, 0.3) is 6.43 Å². The number of amides is 1. The van der Waals surface area contributed by atoms with E-state index < -0.39 is 23.9 Å². The van der Waals surface area contributed by atoms with Crippen LogP contribution >= 0.6 is 0 Å². The summed E-state index contributed by atoms with van der Waals surface area (Å²) in [5, 5.41) is 0. The van der Waals surface area contributed by atoms with Crippen LogP contribution in [-0.2, 0) is 11.3 Å². The molecule has 1 aliphatic rings. The molecular weight excluding hydrogens is 321 g/mol. The first-order chi connectivity index (χ1) is 11.4.